The Morgan fingerprint density at radius 1 is 1.20 bits per heavy atom. The minimum absolute atomic E-state index is 0.502. The van der Waals surface area contributed by atoms with E-state index < -0.39 is 8.07 Å². The highest BCUT2D eigenvalue weighted by Gasteiger charge is 2.17. The first-order valence-corrected chi connectivity index (χ1v) is 7.47. The van der Waals surface area contributed by atoms with Crippen LogP contribution in [0, 0.1) is 12.0 Å². The van der Waals surface area contributed by atoms with Gasteiger partial charge in [-0.05, 0) is 5.41 Å². The van der Waals surface area contributed by atoms with Crippen LogP contribution in [0.2, 0.25) is 19.1 Å². The third kappa shape index (κ3) is 8.22. The highest BCUT2D eigenvalue weighted by molar-refractivity contribution is 6.79. The van der Waals surface area contributed by atoms with Crippen molar-refractivity contribution in [2.24, 2.45) is 5.41 Å². The van der Waals surface area contributed by atoms with Gasteiger partial charge in [-0.1, -0.05) is 52.9 Å². The lowest BCUT2D eigenvalue weighted by atomic mass is 9.94. The molecule has 1 heteroatoms. The van der Waals surface area contributed by atoms with Gasteiger partial charge in [-0.25, -0.2) is 0 Å². The summed E-state index contributed by atoms with van der Waals surface area (Å²) in [7, 11) is -1.02. The SMILES string of the molecule is [CH2][Si](C)(C)CCC(C)(C)C. The number of hydrogen-bond acceptors (Lipinski definition) is 0. The first-order valence-electron chi connectivity index (χ1n) is 4.06. The van der Waals surface area contributed by atoms with Gasteiger partial charge in [0.2, 0.25) is 0 Å². The minimum Gasteiger partial charge on any atom is -0.0694 e. The number of rotatable bonds is 2. The average molecular weight is 157 g/mol. The van der Waals surface area contributed by atoms with Gasteiger partial charge in [0.05, 0.1) is 0 Å². The Bertz CT molecular complexity index is 78.3. The van der Waals surface area contributed by atoms with Gasteiger partial charge in [-0.3, -0.25) is 0 Å². The Kier molecular flexibility index (Phi) is 3.15. The molecule has 0 amide bonds. The number of hydrogen-bond donors (Lipinski definition) is 0. The second-order valence-electron chi connectivity index (χ2n) is 5.22. The predicted octanol–water partition coefficient (Wildman–Crippen LogP) is 3.50. The molecule has 1 radical (unpaired) electrons. The van der Waals surface area contributed by atoms with E-state index in [4.69, 9.17) is 0 Å². The molecule has 0 fully saturated rings. The minimum atomic E-state index is -1.02. The van der Waals surface area contributed by atoms with Gasteiger partial charge in [0.25, 0.3) is 0 Å². The third-order valence-corrected chi connectivity index (χ3v) is 3.16. The van der Waals surface area contributed by atoms with Gasteiger partial charge in [-0.15, -0.1) is 0 Å². The van der Waals surface area contributed by atoms with Crippen LogP contribution in [0.3, 0.4) is 0 Å². The fraction of sp³-hybridized carbons (Fsp3) is 0.889. The molecule has 0 atom stereocenters. The summed E-state index contributed by atoms with van der Waals surface area (Å²) in [6, 6.07) is 1.36. The molecule has 61 valence electrons. The second-order valence-corrected chi connectivity index (χ2v) is 10.1. The molecule has 0 spiro atoms. The van der Waals surface area contributed by atoms with Crippen LogP contribution in [0.25, 0.3) is 0 Å². The average Bonchev–Trinajstić information content (AvgIpc) is 1.57. The Morgan fingerprint density at radius 2 is 1.60 bits per heavy atom. The van der Waals surface area contributed by atoms with Crippen molar-refractivity contribution in [1.29, 1.82) is 0 Å². The zero-order chi connectivity index (χ0) is 8.41. The van der Waals surface area contributed by atoms with Gasteiger partial charge in [0.1, 0.15) is 0 Å². The molecule has 0 nitrogen and oxygen atoms in total. The van der Waals surface area contributed by atoms with Crippen molar-refractivity contribution >= 4 is 8.07 Å². The van der Waals surface area contributed by atoms with Crippen LogP contribution in [0.1, 0.15) is 27.2 Å². The molecule has 0 aromatic rings. The maximum atomic E-state index is 4.21. The largest absolute Gasteiger partial charge is 0.0694 e. The summed E-state index contributed by atoms with van der Waals surface area (Å²) in [6.45, 7) is 15.8. The molecule has 0 saturated heterocycles. The van der Waals surface area contributed by atoms with Crippen LogP contribution in [-0.2, 0) is 0 Å². The Hall–Kier alpha value is 0.217. The van der Waals surface area contributed by atoms with E-state index in [1.54, 1.807) is 0 Å². The molecule has 0 aliphatic heterocycles. The van der Waals surface area contributed by atoms with E-state index in [9.17, 15) is 0 Å². The van der Waals surface area contributed by atoms with Crippen LogP contribution < -0.4 is 0 Å². The van der Waals surface area contributed by atoms with E-state index in [0.717, 1.165) is 0 Å². The molecule has 10 heavy (non-hydrogen) atoms. The smallest absolute Gasteiger partial charge is 0.0471 e. The summed E-state index contributed by atoms with van der Waals surface area (Å²) in [5.74, 6) is 0. The van der Waals surface area contributed by atoms with Crippen molar-refractivity contribution < 1.29 is 0 Å². The van der Waals surface area contributed by atoms with E-state index in [1.165, 1.54) is 12.5 Å². The summed E-state index contributed by atoms with van der Waals surface area (Å²) in [5.41, 5.74) is 0.502. The summed E-state index contributed by atoms with van der Waals surface area (Å²) < 4.78 is 0. The molecule has 0 aromatic heterocycles. The summed E-state index contributed by atoms with van der Waals surface area (Å²) in [5, 5.41) is 0. The van der Waals surface area contributed by atoms with Gasteiger partial charge >= 0.3 is 0 Å². The lowest BCUT2D eigenvalue weighted by Gasteiger charge is -2.23. The summed E-state index contributed by atoms with van der Waals surface area (Å²) in [6.07, 6.45) is 1.33. The molecular formula is C9H21Si. The molecule has 0 unspecified atom stereocenters. The van der Waals surface area contributed by atoms with Crippen molar-refractivity contribution in [2.75, 3.05) is 0 Å². The molecule has 0 bridgehead atoms. The third-order valence-electron chi connectivity index (χ3n) is 1.55. The van der Waals surface area contributed by atoms with Gasteiger partial charge in [0.15, 0.2) is 0 Å². The Balaban J connectivity index is 3.56. The highest BCUT2D eigenvalue weighted by atomic mass is 28.3. The molecule has 0 aromatic carbocycles. The summed E-state index contributed by atoms with van der Waals surface area (Å²) in [4.78, 5) is 0. The molecule has 0 N–H and O–H groups in total. The second kappa shape index (κ2) is 3.08. The van der Waals surface area contributed by atoms with Crippen molar-refractivity contribution in [3.05, 3.63) is 6.55 Å². The molecule has 0 saturated carbocycles. The van der Waals surface area contributed by atoms with Crippen LogP contribution in [0.15, 0.2) is 0 Å². The summed E-state index contributed by atoms with van der Waals surface area (Å²) >= 11 is 0. The Morgan fingerprint density at radius 3 is 1.70 bits per heavy atom. The van der Waals surface area contributed by atoms with Crippen molar-refractivity contribution in [3.8, 4) is 0 Å². The maximum Gasteiger partial charge on any atom is 0.0471 e. The van der Waals surface area contributed by atoms with Crippen LogP contribution in [0.5, 0.6) is 0 Å². The zero-order valence-corrected chi connectivity index (χ0v) is 9.12. The first kappa shape index (κ1) is 10.2. The van der Waals surface area contributed by atoms with Crippen molar-refractivity contribution in [1.82, 2.24) is 0 Å². The zero-order valence-electron chi connectivity index (χ0n) is 8.12. The molecule has 0 aliphatic rings. The van der Waals surface area contributed by atoms with Crippen molar-refractivity contribution in [3.63, 3.8) is 0 Å². The van der Waals surface area contributed by atoms with E-state index in [2.05, 4.69) is 40.4 Å². The van der Waals surface area contributed by atoms with Crippen LogP contribution >= 0.6 is 0 Å². The normalized spacial score (nSPS) is 13.8. The van der Waals surface area contributed by atoms with E-state index in [0.29, 0.717) is 5.41 Å². The van der Waals surface area contributed by atoms with E-state index >= 15 is 0 Å². The van der Waals surface area contributed by atoms with Crippen LogP contribution in [-0.4, -0.2) is 8.07 Å². The lowest BCUT2D eigenvalue weighted by Crippen LogP contribution is -2.22. The fourth-order valence-electron chi connectivity index (χ4n) is 0.713. The standard InChI is InChI=1S/C9H21Si/c1-9(2,3)7-8-10(4,5)6/h4,7-8H2,1-3,5-6H3. The highest BCUT2D eigenvalue weighted by Crippen LogP contribution is 2.24. The molecule has 0 rings (SSSR count). The van der Waals surface area contributed by atoms with E-state index in [-0.39, 0.29) is 0 Å². The lowest BCUT2D eigenvalue weighted by molar-refractivity contribution is 0.396. The van der Waals surface area contributed by atoms with Crippen molar-refractivity contribution in [2.45, 2.75) is 46.3 Å². The molecule has 0 aliphatic carbocycles. The van der Waals surface area contributed by atoms with Crippen LogP contribution in [0.4, 0.5) is 0 Å². The first-order chi connectivity index (χ1) is 4.21. The quantitative estimate of drug-likeness (QED) is 0.538. The Labute approximate surface area is 67.0 Å². The maximum absolute atomic E-state index is 4.21. The molecule has 0 heterocycles. The van der Waals surface area contributed by atoms with Gasteiger partial charge < -0.3 is 0 Å². The molecular weight excluding hydrogens is 136 g/mol. The van der Waals surface area contributed by atoms with Gasteiger partial charge in [-0.2, -0.15) is 0 Å². The predicted molar refractivity (Wildman–Crippen MR) is 51.7 cm³/mol. The van der Waals surface area contributed by atoms with E-state index in [1.807, 2.05) is 0 Å². The topological polar surface area (TPSA) is 0 Å². The van der Waals surface area contributed by atoms with Gasteiger partial charge in [0, 0.05) is 8.07 Å². The monoisotopic (exact) mass is 157 g/mol. The fourth-order valence-corrected chi connectivity index (χ4v) is 2.14.